The van der Waals surface area contributed by atoms with Crippen LogP contribution in [0.15, 0.2) is 34.5 Å². The number of aromatic nitrogens is 1. The number of nitrogens with zero attached hydrogens (tertiary/aromatic N) is 3. The molecule has 2 aliphatic rings. The Morgan fingerprint density at radius 3 is 2.67 bits per heavy atom. The van der Waals surface area contributed by atoms with Crippen molar-refractivity contribution in [2.45, 2.75) is 44.0 Å². The molecule has 0 atom stereocenters. The second kappa shape index (κ2) is 9.13. The van der Waals surface area contributed by atoms with Crippen molar-refractivity contribution in [1.82, 2.24) is 14.2 Å². The second-order valence-corrected chi connectivity index (χ2v) is 11.0. The molecule has 4 rings (SSSR count). The molecule has 2 aliphatic heterocycles. The van der Waals surface area contributed by atoms with E-state index in [1.165, 1.54) is 34.6 Å². The summed E-state index contributed by atoms with van der Waals surface area (Å²) in [7, 11) is -3.55. The lowest BCUT2D eigenvalue weighted by Gasteiger charge is -2.29. The van der Waals surface area contributed by atoms with Crippen LogP contribution in [0.1, 0.15) is 48.7 Å². The minimum atomic E-state index is -3.55. The van der Waals surface area contributed by atoms with Crippen LogP contribution in [0.4, 0.5) is 5.13 Å². The molecule has 7 nitrogen and oxygen atoms in total. The first kappa shape index (κ1) is 21.4. The van der Waals surface area contributed by atoms with Gasteiger partial charge in [0.2, 0.25) is 10.0 Å². The number of piperidine rings is 1. The Labute approximate surface area is 182 Å². The number of likely N-dealkylation sites (tertiary alicyclic amines) is 1. The molecular formula is C21H28N4O3S2. The van der Waals surface area contributed by atoms with Crippen LogP contribution < -0.4 is 5.32 Å². The molecule has 2 fully saturated rings. The smallest absolute Gasteiger partial charge is 0.257 e. The van der Waals surface area contributed by atoms with Gasteiger partial charge in [0.05, 0.1) is 10.6 Å². The molecule has 2 aromatic rings. The SMILES string of the molecule is CC1CCN(Cc2csc(NC(=O)c3cccc(S(=O)(=O)N4CCCC4)c3)n2)CC1. The van der Waals surface area contributed by atoms with E-state index in [4.69, 9.17) is 0 Å². The summed E-state index contributed by atoms with van der Waals surface area (Å²) in [5, 5.41) is 5.32. The molecule has 1 aromatic heterocycles. The minimum absolute atomic E-state index is 0.163. The van der Waals surface area contributed by atoms with Gasteiger partial charge in [0.1, 0.15) is 0 Å². The highest BCUT2D eigenvalue weighted by molar-refractivity contribution is 7.89. The van der Waals surface area contributed by atoms with Gasteiger partial charge in [-0.3, -0.25) is 15.0 Å². The van der Waals surface area contributed by atoms with Crippen molar-refractivity contribution in [2.75, 3.05) is 31.5 Å². The number of hydrogen-bond donors (Lipinski definition) is 1. The summed E-state index contributed by atoms with van der Waals surface area (Å²) < 4.78 is 27.0. The Morgan fingerprint density at radius 1 is 1.20 bits per heavy atom. The van der Waals surface area contributed by atoms with Gasteiger partial charge in [-0.2, -0.15) is 4.31 Å². The van der Waals surface area contributed by atoms with Gasteiger partial charge >= 0.3 is 0 Å². The van der Waals surface area contributed by atoms with Gasteiger partial charge in [0.15, 0.2) is 5.13 Å². The maximum absolute atomic E-state index is 12.8. The van der Waals surface area contributed by atoms with E-state index in [1.54, 1.807) is 18.2 Å². The minimum Gasteiger partial charge on any atom is -0.298 e. The van der Waals surface area contributed by atoms with Gasteiger partial charge < -0.3 is 0 Å². The van der Waals surface area contributed by atoms with Crippen molar-refractivity contribution >= 4 is 32.4 Å². The molecule has 0 aliphatic carbocycles. The van der Waals surface area contributed by atoms with E-state index in [-0.39, 0.29) is 10.8 Å². The van der Waals surface area contributed by atoms with Crippen LogP contribution in [-0.4, -0.2) is 54.7 Å². The van der Waals surface area contributed by atoms with E-state index < -0.39 is 10.0 Å². The monoisotopic (exact) mass is 448 g/mol. The van der Waals surface area contributed by atoms with Crippen LogP contribution >= 0.6 is 11.3 Å². The van der Waals surface area contributed by atoms with E-state index in [0.29, 0.717) is 23.8 Å². The van der Waals surface area contributed by atoms with E-state index in [0.717, 1.165) is 44.1 Å². The third kappa shape index (κ3) is 4.91. The molecule has 162 valence electrons. The predicted molar refractivity (Wildman–Crippen MR) is 118 cm³/mol. The topological polar surface area (TPSA) is 82.6 Å². The zero-order valence-corrected chi connectivity index (χ0v) is 18.8. The van der Waals surface area contributed by atoms with Gasteiger partial charge in [-0.1, -0.05) is 13.0 Å². The molecule has 1 amide bonds. The highest BCUT2D eigenvalue weighted by atomic mass is 32.2. The van der Waals surface area contributed by atoms with E-state index in [9.17, 15) is 13.2 Å². The molecule has 1 N–H and O–H groups in total. The summed E-state index contributed by atoms with van der Waals surface area (Å²) in [5.74, 6) is 0.442. The molecule has 2 saturated heterocycles. The highest BCUT2D eigenvalue weighted by Crippen LogP contribution is 2.24. The quantitative estimate of drug-likeness (QED) is 0.732. The standard InChI is InChI=1S/C21H28N4O3S2/c1-16-7-11-24(12-8-16)14-18-15-29-21(22-18)23-20(26)17-5-4-6-19(13-17)30(27,28)25-9-2-3-10-25/h4-6,13,15-16H,2-3,7-12,14H2,1H3,(H,22,23,26). The molecule has 1 aromatic carbocycles. The number of carbonyl (C=O) groups excluding carboxylic acids is 1. The number of thiazole rings is 1. The molecule has 0 radical (unpaired) electrons. The third-order valence-corrected chi connectivity index (χ3v) is 8.53. The summed E-state index contributed by atoms with van der Waals surface area (Å²) in [6.07, 6.45) is 4.18. The largest absolute Gasteiger partial charge is 0.298 e. The molecule has 9 heteroatoms. The molecule has 0 unspecified atom stereocenters. The fourth-order valence-corrected chi connectivity index (χ4v) is 6.19. The number of sulfonamides is 1. The normalized spacial score (nSPS) is 19.2. The lowest BCUT2D eigenvalue weighted by atomic mass is 9.99. The summed E-state index contributed by atoms with van der Waals surface area (Å²) in [6, 6.07) is 6.24. The van der Waals surface area contributed by atoms with Gasteiger partial charge in [0.25, 0.3) is 5.91 Å². The Hall–Kier alpha value is -1.81. The number of rotatable bonds is 6. The van der Waals surface area contributed by atoms with Gasteiger partial charge in [-0.05, 0) is 62.9 Å². The summed E-state index contributed by atoms with van der Waals surface area (Å²) >= 11 is 1.40. The summed E-state index contributed by atoms with van der Waals surface area (Å²) in [4.78, 5) is 19.8. The lowest BCUT2D eigenvalue weighted by molar-refractivity contribution is 0.102. The zero-order chi connectivity index (χ0) is 21.1. The van der Waals surface area contributed by atoms with Gasteiger partial charge in [-0.15, -0.1) is 11.3 Å². The van der Waals surface area contributed by atoms with Crippen molar-refractivity contribution in [3.05, 3.63) is 40.9 Å². The molecule has 0 spiro atoms. The molecule has 0 saturated carbocycles. The van der Waals surface area contributed by atoms with Crippen LogP contribution in [0.3, 0.4) is 0 Å². The predicted octanol–water partition coefficient (Wildman–Crippen LogP) is 3.41. The number of nitrogens with one attached hydrogen (secondary N) is 1. The summed E-state index contributed by atoms with van der Waals surface area (Å²) in [6.45, 7) is 6.33. The Morgan fingerprint density at radius 2 is 1.93 bits per heavy atom. The van der Waals surface area contributed by atoms with Crippen LogP contribution in [0, 0.1) is 5.92 Å². The number of benzene rings is 1. The first-order valence-corrected chi connectivity index (χ1v) is 12.8. The van der Waals surface area contributed by atoms with Gasteiger partial charge in [-0.25, -0.2) is 13.4 Å². The Balaban J connectivity index is 1.40. The fourth-order valence-electron chi connectivity index (χ4n) is 3.93. The molecule has 30 heavy (non-hydrogen) atoms. The average Bonchev–Trinajstić information content (AvgIpc) is 3.43. The van der Waals surface area contributed by atoms with Crippen LogP contribution in [0.2, 0.25) is 0 Å². The number of hydrogen-bond acceptors (Lipinski definition) is 6. The maximum atomic E-state index is 12.8. The van der Waals surface area contributed by atoms with Crippen molar-refractivity contribution < 1.29 is 13.2 Å². The van der Waals surface area contributed by atoms with Crippen LogP contribution in [0.25, 0.3) is 0 Å². The summed E-state index contributed by atoms with van der Waals surface area (Å²) in [5.41, 5.74) is 1.27. The highest BCUT2D eigenvalue weighted by Gasteiger charge is 2.27. The zero-order valence-electron chi connectivity index (χ0n) is 17.2. The van der Waals surface area contributed by atoms with Crippen LogP contribution in [0.5, 0.6) is 0 Å². The number of carbonyl (C=O) groups is 1. The molecule has 3 heterocycles. The first-order chi connectivity index (χ1) is 14.4. The fraction of sp³-hybridized carbons (Fsp3) is 0.524. The lowest BCUT2D eigenvalue weighted by Crippen LogP contribution is -2.32. The van der Waals surface area contributed by atoms with E-state index in [1.807, 2.05) is 5.38 Å². The second-order valence-electron chi connectivity index (χ2n) is 8.20. The van der Waals surface area contributed by atoms with E-state index in [2.05, 4.69) is 22.1 Å². The van der Waals surface area contributed by atoms with Gasteiger partial charge in [0, 0.05) is 30.6 Å². The molecular weight excluding hydrogens is 420 g/mol. The average molecular weight is 449 g/mol. The maximum Gasteiger partial charge on any atom is 0.257 e. The number of anilines is 1. The van der Waals surface area contributed by atoms with Crippen molar-refractivity contribution in [3.8, 4) is 0 Å². The molecule has 0 bridgehead atoms. The first-order valence-electron chi connectivity index (χ1n) is 10.5. The van der Waals surface area contributed by atoms with Crippen molar-refractivity contribution in [2.24, 2.45) is 5.92 Å². The van der Waals surface area contributed by atoms with Crippen molar-refractivity contribution in [3.63, 3.8) is 0 Å². The third-order valence-electron chi connectivity index (χ3n) is 5.83. The van der Waals surface area contributed by atoms with Crippen molar-refractivity contribution in [1.29, 1.82) is 0 Å². The number of amides is 1. The van der Waals surface area contributed by atoms with Crippen LogP contribution in [-0.2, 0) is 16.6 Å². The van der Waals surface area contributed by atoms with E-state index >= 15 is 0 Å². The Bertz CT molecular complexity index is 991. The Kier molecular flexibility index (Phi) is 6.52.